The number of rotatable bonds is 4. The van der Waals surface area contributed by atoms with Gasteiger partial charge in [-0.05, 0) is 78.7 Å². The maximum absolute atomic E-state index is 12.8. The Balaban J connectivity index is 1.39. The van der Waals surface area contributed by atoms with Crippen molar-refractivity contribution in [1.82, 2.24) is 0 Å². The van der Waals surface area contributed by atoms with Gasteiger partial charge in [0.25, 0.3) is 0 Å². The quantitative estimate of drug-likeness (QED) is 0.192. The number of ketones is 2. The largest absolute Gasteiger partial charge is 0.310 e. The van der Waals surface area contributed by atoms with Crippen molar-refractivity contribution in [2.45, 2.75) is 13.8 Å². The van der Waals surface area contributed by atoms with Crippen LogP contribution in [0, 0.1) is 13.8 Å². The highest BCUT2D eigenvalue weighted by Gasteiger charge is 2.32. The van der Waals surface area contributed by atoms with E-state index in [-0.39, 0.29) is 17.1 Å². The van der Waals surface area contributed by atoms with Gasteiger partial charge in [0.05, 0.1) is 5.57 Å². The van der Waals surface area contributed by atoms with Gasteiger partial charge >= 0.3 is 0 Å². The van der Waals surface area contributed by atoms with Crippen molar-refractivity contribution in [2.75, 3.05) is 4.90 Å². The van der Waals surface area contributed by atoms with Gasteiger partial charge in [0.1, 0.15) is 0 Å². The summed E-state index contributed by atoms with van der Waals surface area (Å²) >= 11 is 0. The standard InChI is InChI=1S/C34H25NO2/c1-22-7-14-27(15-8-22)35(28-16-9-23(2)10-17-28)29-18-13-25-19-24(11-12-26(25)21-29)20-32-33(36)30-5-3-4-6-31(30)34(32)37/h3-21H,1-2H3. The van der Waals surface area contributed by atoms with Crippen molar-refractivity contribution >= 4 is 45.5 Å². The molecule has 3 heteroatoms. The molecule has 5 aromatic carbocycles. The van der Waals surface area contributed by atoms with Crippen LogP contribution in [0.3, 0.4) is 0 Å². The number of allylic oxidation sites excluding steroid dienone is 1. The Morgan fingerprint density at radius 2 is 1.03 bits per heavy atom. The van der Waals surface area contributed by atoms with Crippen LogP contribution in [0.25, 0.3) is 16.8 Å². The van der Waals surface area contributed by atoms with Crippen molar-refractivity contribution in [2.24, 2.45) is 0 Å². The van der Waals surface area contributed by atoms with Gasteiger partial charge in [-0.15, -0.1) is 0 Å². The minimum atomic E-state index is -0.206. The Morgan fingerprint density at radius 1 is 0.541 bits per heavy atom. The molecule has 0 atom stereocenters. The summed E-state index contributed by atoms with van der Waals surface area (Å²) in [6.45, 7) is 4.18. The molecule has 37 heavy (non-hydrogen) atoms. The highest BCUT2D eigenvalue weighted by atomic mass is 16.2. The molecule has 0 unspecified atom stereocenters. The summed E-state index contributed by atoms with van der Waals surface area (Å²) in [5.74, 6) is -0.411. The van der Waals surface area contributed by atoms with Gasteiger partial charge in [-0.3, -0.25) is 9.59 Å². The number of carbonyl (C=O) groups excluding carboxylic acids is 2. The SMILES string of the molecule is Cc1ccc(N(c2ccc(C)cc2)c2ccc3cc(C=C4C(=O)c5ccccc5C4=O)ccc3c2)cc1. The molecule has 1 aliphatic carbocycles. The molecule has 0 radical (unpaired) electrons. The van der Waals surface area contributed by atoms with Crippen LogP contribution in [0.4, 0.5) is 17.1 Å². The zero-order valence-electron chi connectivity index (χ0n) is 20.7. The fourth-order valence-corrected chi connectivity index (χ4v) is 4.89. The normalized spacial score (nSPS) is 12.6. The molecule has 0 bridgehead atoms. The lowest BCUT2D eigenvalue weighted by molar-refractivity contribution is 0.0990. The van der Waals surface area contributed by atoms with Crippen LogP contribution in [0.2, 0.25) is 0 Å². The van der Waals surface area contributed by atoms with Gasteiger partial charge < -0.3 is 4.90 Å². The first kappa shape index (κ1) is 22.7. The van der Waals surface area contributed by atoms with Crippen molar-refractivity contribution in [3.05, 3.63) is 143 Å². The lowest BCUT2D eigenvalue weighted by Gasteiger charge is -2.26. The molecule has 0 aromatic heterocycles. The lowest BCUT2D eigenvalue weighted by Crippen LogP contribution is -2.09. The molecule has 0 aliphatic heterocycles. The van der Waals surface area contributed by atoms with Crippen molar-refractivity contribution in [1.29, 1.82) is 0 Å². The van der Waals surface area contributed by atoms with Gasteiger partial charge in [-0.25, -0.2) is 0 Å². The Bertz CT molecular complexity index is 1630. The van der Waals surface area contributed by atoms with E-state index >= 15 is 0 Å². The van der Waals surface area contributed by atoms with E-state index in [1.807, 2.05) is 18.2 Å². The molecular weight excluding hydrogens is 454 g/mol. The second kappa shape index (κ2) is 9.03. The number of nitrogens with zero attached hydrogens (tertiary/aromatic N) is 1. The van der Waals surface area contributed by atoms with Gasteiger partial charge in [-0.1, -0.05) is 77.9 Å². The highest BCUT2D eigenvalue weighted by molar-refractivity contribution is 6.41. The van der Waals surface area contributed by atoms with Crippen LogP contribution in [-0.2, 0) is 0 Å². The van der Waals surface area contributed by atoms with Crippen molar-refractivity contribution in [3.8, 4) is 0 Å². The summed E-state index contributed by atoms with van der Waals surface area (Å²) in [5, 5.41) is 2.12. The van der Waals surface area contributed by atoms with Crippen LogP contribution in [0.5, 0.6) is 0 Å². The van der Waals surface area contributed by atoms with Gasteiger partial charge in [0.2, 0.25) is 0 Å². The second-order valence-corrected chi connectivity index (χ2v) is 9.56. The molecule has 1 aliphatic rings. The number of fused-ring (bicyclic) bond motifs is 2. The molecule has 0 N–H and O–H groups in total. The number of carbonyl (C=O) groups is 2. The zero-order valence-corrected chi connectivity index (χ0v) is 20.7. The summed E-state index contributed by atoms with van der Waals surface area (Å²) < 4.78 is 0. The third-order valence-electron chi connectivity index (χ3n) is 6.91. The highest BCUT2D eigenvalue weighted by Crippen LogP contribution is 2.36. The van der Waals surface area contributed by atoms with E-state index in [4.69, 9.17) is 0 Å². The minimum Gasteiger partial charge on any atom is -0.310 e. The maximum atomic E-state index is 12.8. The van der Waals surface area contributed by atoms with E-state index in [1.165, 1.54) is 11.1 Å². The zero-order chi connectivity index (χ0) is 25.5. The first-order chi connectivity index (χ1) is 18.0. The van der Waals surface area contributed by atoms with E-state index in [0.29, 0.717) is 11.1 Å². The maximum Gasteiger partial charge on any atom is 0.197 e. The van der Waals surface area contributed by atoms with Gasteiger partial charge in [-0.2, -0.15) is 0 Å². The summed E-state index contributed by atoms with van der Waals surface area (Å²) in [4.78, 5) is 27.9. The molecule has 3 nitrogen and oxygen atoms in total. The molecule has 0 spiro atoms. The summed E-state index contributed by atoms with van der Waals surface area (Å²) in [5.41, 5.74) is 7.70. The Kier molecular flexibility index (Phi) is 5.54. The van der Waals surface area contributed by atoms with E-state index in [1.54, 1.807) is 30.3 Å². The lowest BCUT2D eigenvalue weighted by atomic mass is 10.0. The molecule has 0 amide bonds. The number of benzene rings is 5. The third-order valence-corrected chi connectivity index (χ3v) is 6.91. The topological polar surface area (TPSA) is 37.4 Å². The van der Waals surface area contributed by atoms with E-state index in [9.17, 15) is 9.59 Å². The van der Waals surface area contributed by atoms with Crippen LogP contribution in [0.1, 0.15) is 37.4 Å². The molecule has 178 valence electrons. The van der Waals surface area contributed by atoms with Gasteiger partial charge in [0, 0.05) is 28.2 Å². The van der Waals surface area contributed by atoms with Crippen LogP contribution in [0.15, 0.2) is 115 Å². The molecule has 5 aromatic rings. The number of hydrogen-bond acceptors (Lipinski definition) is 3. The smallest absolute Gasteiger partial charge is 0.197 e. The summed E-state index contributed by atoms with van der Waals surface area (Å²) in [6.07, 6.45) is 1.71. The number of aryl methyl sites for hydroxylation is 2. The second-order valence-electron chi connectivity index (χ2n) is 9.56. The average Bonchev–Trinajstić information content (AvgIpc) is 3.16. The predicted octanol–water partition coefficient (Wildman–Crippen LogP) is 8.39. The number of hydrogen-bond donors (Lipinski definition) is 0. The predicted molar refractivity (Wildman–Crippen MR) is 151 cm³/mol. The Hall–Kier alpha value is -4.76. The molecular formula is C34H25NO2. The monoisotopic (exact) mass is 479 g/mol. The molecule has 0 heterocycles. The first-order valence-corrected chi connectivity index (χ1v) is 12.4. The van der Waals surface area contributed by atoms with E-state index in [2.05, 4.69) is 85.5 Å². The average molecular weight is 480 g/mol. The summed E-state index contributed by atoms with van der Waals surface area (Å²) in [7, 11) is 0. The van der Waals surface area contributed by atoms with E-state index in [0.717, 1.165) is 33.4 Å². The molecule has 0 saturated heterocycles. The summed E-state index contributed by atoms with van der Waals surface area (Å²) in [6, 6.07) is 36.5. The van der Waals surface area contributed by atoms with Crippen LogP contribution >= 0.6 is 0 Å². The molecule has 6 rings (SSSR count). The van der Waals surface area contributed by atoms with Crippen LogP contribution < -0.4 is 4.90 Å². The third kappa shape index (κ3) is 4.15. The fourth-order valence-electron chi connectivity index (χ4n) is 4.89. The molecule has 0 saturated carbocycles. The number of Topliss-reactive ketones (excluding diaryl/α,β-unsaturated/α-hetero) is 2. The van der Waals surface area contributed by atoms with Gasteiger partial charge in [0.15, 0.2) is 11.6 Å². The van der Waals surface area contributed by atoms with Crippen molar-refractivity contribution < 1.29 is 9.59 Å². The first-order valence-electron chi connectivity index (χ1n) is 12.4. The Labute approximate surface area is 216 Å². The number of anilines is 3. The minimum absolute atomic E-state index is 0.206. The fraction of sp³-hybridized carbons (Fsp3) is 0.0588. The Morgan fingerprint density at radius 3 is 1.59 bits per heavy atom. The van der Waals surface area contributed by atoms with E-state index < -0.39 is 0 Å². The van der Waals surface area contributed by atoms with Crippen LogP contribution in [-0.4, -0.2) is 11.6 Å². The molecule has 0 fully saturated rings. The van der Waals surface area contributed by atoms with Crippen molar-refractivity contribution in [3.63, 3.8) is 0 Å².